The molecular formula is C20H14ClN5O. The minimum atomic E-state index is -0.320. The number of hydrogen-bond donors (Lipinski definition) is 1. The number of nitrogens with one attached hydrogen (secondary N) is 1. The zero-order chi connectivity index (χ0) is 18.6. The summed E-state index contributed by atoms with van der Waals surface area (Å²) in [5.41, 5.74) is 3.29. The number of pyridine rings is 2. The fourth-order valence-electron chi connectivity index (χ4n) is 2.66. The van der Waals surface area contributed by atoms with Crippen LogP contribution < -0.4 is 5.32 Å². The first-order valence-electron chi connectivity index (χ1n) is 8.18. The van der Waals surface area contributed by atoms with E-state index in [-0.39, 0.29) is 11.6 Å². The molecule has 6 nitrogen and oxygen atoms in total. The van der Waals surface area contributed by atoms with Crippen LogP contribution in [0.25, 0.3) is 16.9 Å². The fraction of sp³-hybridized carbons (Fsp3) is 0. The normalized spacial score (nSPS) is 10.6. The topological polar surface area (TPSA) is 72.7 Å². The predicted octanol–water partition coefficient (Wildman–Crippen LogP) is 4.24. The van der Waals surface area contributed by atoms with Gasteiger partial charge in [-0.25, -0.2) is 4.68 Å². The van der Waals surface area contributed by atoms with Crippen molar-refractivity contribution in [1.29, 1.82) is 0 Å². The lowest BCUT2D eigenvalue weighted by Crippen LogP contribution is -2.13. The van der Waals surface area contributed by atoms with E-state index in [1.165, 1.54) is 0 Å². The van der Waals surface area contributed by atoms with Gasteiger partial charge >= 0.3 is 0 Å². The Morgan fingerprint density at radius 2 is 1.81 bits per heavy atom. The molecule has 27 heavy (non-hydrogen) atoms. The van der Waals surface area contributed by atoms with E-state index in [2.05, 4.69) is 20.4 Å². The zero-order valence-corrected chi connectivity index (χ0v) is 14.8. The first-order valence-corrected chi connectivity index (χ1v) is 8.56. The summed E-state index contributed by atoms with van der Waals surface area (Å²) in [6, 6.07) is 16.3. The van der Waals surface area contributed by atoms with E-state index in [1.54, 1.807) is 59.8 Å². The molecule has 4 aromatic rings. The van der Waals surface area contributed by atoms with Crippen molar-refractivity contribution in [2.45, 2.75) is 0 Å². The number of nitrogens with zero attached hydrogens (tertiary/aromatic N) is 4. The minimum absolute atomic E-state index is 0.283. The van der Waals surface area contributed by atoms with Gasteiger partial charge in [-0.3, -0.25) is 14.8 Å². The second kappa shape index (κ2) is 7.39. The van der Waals surface area contributed by atoms with Gasteiger partial charge in [0.05, 0.1) is 23.3 Å². The van der Waals surface area contributed by atoms with Crippen molar-refractivity contribution in [3.63, 3.8) is 0 Å². The average Bonchev–Trinajstić information content (AvgIpc) is 3.15. The molecule has 3 heterocycles. The predicted molar refractivity (Wildman–Crippen MR) is 104 cm³/mol. The maximum atomic E-state index is 12.7. The third-order valence-electron chi connectivity index (χ3n) is 3.89. The molecule has 0 bridgehead atoms. The highest BCUT2D eigenvalue weighted by molar-refractivity contribution is 6.30. The van der Waals surface area contributed by atoms with Crippen LogP contribution in [0.5, 0.6) is 0 Å². The molecule has 0 radical (unpaired) electrons. The summed E-state index contributed by atoms with van der Waals surface area (Å²) in [6.07, 6.45) is 6.61. The third kappa shape index (κ3) is 3.70. The summed E-state index contributed by atoms with van der Waals surface area (Å²) in [5.74, 6) is -0.320. The quantitative estimate of drug-likeness (QED) is 0.579. The van der Waals surface area contributed by atoms with E-state index in [0.29, 0.717) is 10.7 Å². The number of anilines is 1. The second-order valence-electron chi connectivity index (χ2n) is 5.74. The van der Waals surface area contributed by atoms with Crippen LogP contribution in [0.15, 0.2) is 79.4 Å². The summed E-state index contributed by atoms with van der Waals surface area (Å²) >= 11 is 6.13. The van der Waals surface area contributed by atoms with E-state index < -0.39 is 0 Å². The summed E-state index contributed by atoms with van der Waals surface area (Å²) < 4.78 is 1.69. The molecule has 1 amide bonds. The van der Waals surface area contributed by atoms with Crippen LogP contribution in [-0.2, 0) is 0 Å². The van der Waals surface area contributed by atoms with Crippen molar-refractivity contribution in [3.05, 3.63) is 90.1 Å². The Morgan fingerprint density at radius 3 is 2.56 bits per heavy atom. The maximum absolute atomic E-state index is 12.7. The number of carbonyl (C=O) groups is 1. The van der Waals surface area contributed by atoms with Gasteiger partial charge in [0, 0.05) is 29.2 Å². The number of amides is 1. The van der Waals surface area contributed by atoms with Gasteiger partial charge in [-0.2, -0.15) is 5.10 Å². The van der Waals surface area contributed by atoms with E-state index in [1.807, 2.05) is 24.3 Å². The van der Waals surface area contributed by atoms with Crippen LogP contribution >= 0.6 is 11.6 Å². The van der Waals surface area contributed by atoms with E-state index in [0.717, 1.165) is 16.9 Å². The Kier molecular flexibility index (Phi) is 4.63. The van der Waals surface area contributed by atoms with Gasteiger partial charge in [0.2, 0.25) is 0 Å². The number of hydrogen-bond acceptors (Lipinski definition) is 4. The molecule has 0 saturated heterocycles. The smallest absolute Gasteiger partial charge is 0.276 e. The van der Waals surface area contributed by atoms with Gasteiger partial charge < -0.3 is 5.32 Å². The minimum Gasteiger partial charge on any atom is -0.319 e. The van der Waals surface area contributed by atoms with Crippen molar-refractivity contribution < 1.29 is 4.79 Å². The molecule has 3 aromatic heterocycles. The van der Waals surface area contributed by atoms with Gasteiger partial charge in [-0.15, -0.1) is 0 Å². The monoisotopic (exact) mass is 375 g/mol. The van der Waals surface area contributed by atoms with Gasteiger partial charge in [0.15, 0.2) is 5.69 Å². The largest absolute Gasteiger partial charge is 0.319 e. The van der Waals surface area contributed by atoms with Crippen molar-refractivity contribution >= 4 is 23.2 Å². The van der Waals surface area contributed by atoms with Crippen LogP contribution in [0, 0.1) is 0 Å². The van der Waals surface area contributed by atoms with Crippen molar-refractivity contribution in [1.82, 2.24) is 19.7 Å². The SMILES string of the molecule is O=C(Nc1cccnc1)c1cc(-c2ccncc2)n(-c2cccc(Cl)c2)n1. The molecule has 4 rings (SSSR count). The molecule has 132 valence electrons. The first kappa shape index (κ1) is 16.9. The molecule has 0 unspecified atom stereocenters. The summed E-state index contributed by atoms with van der Waals surface area (Å²) in [6.45, 7) is 0. The third-order valence-corrected chi connectivity index (χ3v) is 4.13. The Hall–Kier alpha value is -3.51. The van der Waals surface area contributed by atoms with Crippen LogP contribution in [0.4, 0.5) is 5.69 Å². The highest BCUT2D eigenvalue weighted by Gasteiger charge is 2.17. The van der Waals surface area contributed by atoms with Crippen molar-refractivity contribution in [2.75, 3.05) is 5.32 Å². The fourth-order valence-corrected chi connectivity index (χ4v) is 2.84. The van der Waals surface area contributed by atoms with E-state index in [9.17, 15) is 4.79 Å². The van der Waals surface area contributed by atoms with Gasteiger partial charge in [0.1, 0.15) is 0 Å². The number of aromatic nitrogens is 4. The Bertz CT molecular complexity index is 1080. The molecule has 0 aliphatic carbocycles. The molecule has 1 aromatic carbocycles. The standard InChI is InChI=1S/C20H14ClN5O/c21-15-3-1-5-17(11-15)26-19(14-6-9-22-10-7-14)12-18(25-26)20(27)24-16-4-2-8-23-13-16/h1-13H,(H,24,27). The average molecular weight is 376 g/mol. The molecule has 0 saturated carbocycles. The summed E-state index contributed by atoms with van der Waals surface area (Å²) in [7, 11) is 0. The molecule has 0 aliphatic rings. The summed E-state index contributed by atoms with van der Waals surface area (Å²) in [5, 5.41) is 7.88. The number of rotatable bonds is 4. The molecule has 0 spiro atoms. The lowest BCUT2D eigenvalue weighted by atomic mass is 10.2. The Morgan fingerprint density at radius 1 is 0.963 bits per heavy atom. The lowest BCUT2D eigenvalue weighted by molar-refractivity contribution is 0.102. The molecular weight excluding hydrogens is 362 g/mol. The van der Waals surface area contributed by atoms with Gasteiger partial charge in [-0.1, -0.05) is 17.7 Å². The van der Waals surface area contributed by atoms with Crippen molar-refractivity contribution in [3.8, 4) is 16.9 Å². The van der Waals surface area contributed by atoms with Crippen LogP contribution in [0.3, 0.4) is 0 Å². The second-order valence-corrected chi connectivity index (χ2v) is 6.17. The molecule has 7 heteroatoms. The lowest BCUT2D eigenvalue weighted by Gasteiger charge is -2.07. The van der Waals surface area contributed by atoms with E-state index in [4.69, 9.17) is 11.6 Å². The highest BCUT2D eigenvalue weighted by atomic mass is 35.5. The molecule has 0 aliphatic heterocycles. The van der Waals surface area contributed by atoms with Gasteiger partial charge in [-0.05, 0) is 48.5 Å². The molecule has 1 N–H and O–H groups in total. The van der Waals surface area contributed by atoms with Crippen LogP contribution in [0.2, 0.25) is 5.02 Å². The number of carbonyl (C=O) groups excluding carboxylic acids is 1. The number of halogens is 1. The van der Waals surface area contributed by atoms with Crippen molar-refractivity contribution in [2.24, 2.45) is 0 Å². The molecule has 0 fully saturated rings. The summed E-state index contributed by atoms with van der Waals surface area (Å²) in [4.78, 5) is 20.7. The van der Waals surface area contributed by atoms with E-state index >= 15 is 0 Å². The first-order chi connectivity index (χ1) is 13.2. The molecule has 0 atom stereocenters. The zero-order valence-electron chi connectivity index (χ0n) is 14.1. The Balaban J connectivity index is 1.77. The van der Waals surface area contributed by atoms with Crippen LogP contribution in [0.1, 0.15) is 10.5 Å². The highest BCUT2D eigenvalue weighted by Crippen LogP contribution is 2.25. The van der Waals surface area contributed by atoms with Crippen LogP contribution in [-0.4, -0.2) is 25.7 Å². The van der Waals surface area contributed by atoms with Gasteiger partial charge in [0.25, 0.3) is 5.91 Å². The maximum Gasteiger partial charge on any atom is 0.276 e. The Labute approximate surface area is 160 Å². The number of benzene rings is 1.